The number of hydrogen-bond donors (Lipinski definition) is 0. The molecule has 0 fully saturated rings. The normalized spacial score (nSPS) is 11.9. The van der Waals surface area contributed by atoms with Crippen LogP contribution in [-0.2, 0) is 7.05 Å². The summed E-state index contributed by atoms with van der Waals surface area (Å²) >= 11 is 1.53. The molecule has 0 bridgehead atoms. The predicted octanol–water partition coefficient (Wildman–Crippen LogP) is 6.39. The number of fused-ring (bicyclic) bond motifs is 1. The smallest absolute Gasteiger partial charge is 0.283 e. The second-order valence-electron chi connectivity index (χ2n) is 8.66. The van der Waals surface area contributed by atoms with Crippen molar-refractivity contribution >= 4 is 27.8 Å². The van der Waals surface area contributed by atoms with Gasteiger partial charge in [-0.1, -0.05) is 72.8 Å². The molecule has 0 amide bonds. The molecule has 5 nitrogen and oxygen atoms in total. The molecule has 176 valence electrons. The zero-order valence-corrected chi connectivity index (χ0v) is 20.8. The summed E-state index contributed by atoms with van der Waals surface area (Å²) in [7, 11) is 1.92. The Morgan fingerprint density at radius 3 is 2.19 bits per heavy atom. The zero-order chi connectivity index (χ0) is 24.6. The molecule has 0 unspecified atom stereocenters. The van der Waals surface area contributed by atoms with Crippen LogP contribution in [0.15, 0.2) is 118 Å². The van der Waals surface area contributed by atoms with Crippen LogP contribution in [0.25, 0.3) is 33.4 Å². The van der Waals surface area contributed by atoms with Crippen molar-refractivity contribution in [3.63, 3.8) is 0 Å². The fourth-order valence-electron chi connectivity index (χ4n) is 4.58. The summed E-state index contributed by atoms with van der Waals surface area (Å²) in [5.74, 6) is 0. The molecule has 2 heterocycles. The summed E-state index contributed by atoms with van der Waals surface area (Å²) in [6, 6.07) is 34.3. The molecular weight excluding hydrogens is 464 g/mol. The summed E-state index contributed by atoms with van der Waals surface area (Å²) in [5, 5.41) is 4.42. The number of aromatic nitrogens is 3. The lowest BCUT2D eigenvalue weighted by Crippen LogP contribution is -2.24. The van der Waals surface area contributed by atoms with Gasteiger partial charge in [0.1, 0.15) is 5.69 Å². The van der Waals surface area contributed by atoms with Crippen molar-refractivity contribution in [2.24, 2.45) is 12.0 Å². The number of benzene rings is 4. The van der Waals surface area contributed by atoms with Crippen LogP contribution in [0.3, 0.4) is 0 Å². The SMILES string of the molecule is Cc1c(-n2c(-c3ccc4ccccc4c3)csc2=Nc2ccccc2)c(=O)n(-c2ccccc2)n1C. The number of rotatable bonds is 4. The molecule has 2 aromatic heterocycles. The first-order chi connectivity index (χ1) is 17.6. The lowest BCUT2D eigenvalue weighted by atomic mass is 10.1. The van der Waals surface area contributed by atoms with Gasteiger partial charge in [0.2, 0.25) is 0 Å². The Hall–Kier alpha value is -4.42. The van der Waals surface area contributed by atoms with E-state index in [0.717, 1.165) is 38.5 Å². The Morgan fingerprint density at radius 2 is 1.44 bits per heavy atom. The second kappa shape index (κ2) is 8.98. The van der Waals surface area contributed by atoms with E-state index in [1.54, 1.807) is 4.68 Å². The Morgan fingerprint density at radius 1 is 0.778 bits per heavy atom. The fourth-order valence-corrected chi connectivity index (χ4v) is 5.49. The first kappa shape index (κ1) is 22.1. The largest absolute Gasteiger partial charge is 0.296 e. The summed E-state index contributed by atoms with van der Waals surface area (Å²) in [5.41, 5.74) is 5.01. The van der Waals surface area contributed by atoms with E-state index in [9.17, 15) is 4.79 Å². The van der Waals surface area contributed by atoms with E-state index < -0.39 is 0 Å². The molecule has 0 radical (unpaired) electrons. The highest BCUT2D eigenvalue weighted by Crippen LogP contribution is 2.28. The fraction of sp³-hybridized carbons (Fsp3) is 0.0667. The van der Waals surface area contributed by atoms with E-state index in [1.807, 2.05) is 96.0 Å². The van der Waals surface area contributed by atoms with E-state index in [0.29, 0.717) is 5.69 Å². The number of thiazole rings is 1. The monoisotopic (exact) mass is 488 g/mol. The van der Waals surface area contributed by atoms with Gasteiger partial charge in [-0.15, -0.1) is 11.3 Å². The minimum Gasteiger partial charge on any atom is -0.283 e. The molecule has 6 heteroatoms. The first-order valence-electron chi connectivity index (χ1n) is 11.8. The molecule has 6 rings (SSSR count). The molecule has 0 N–H and O–H groups in total. The Bertz CT molecular complexity index is 1820. The van der Waals surface area contributed by atoms with Crippen molar-refractivity contribution < 1.29 is 0 Å². The second-order valence-corrected chi connectivity index (χ2v) is 9.49. The number of hydrogen-bond acceptors (Lipinski definition) is 3. The van der Waals surface area contributed by atoms with Gasteiger partial charge in [0.05, 0.1) is 22.8 Å². The molecule has 4 aromatic carbocycles. The average Bonchev–Trinajstić information content (AvgIpc) is 3.41. The standard InChI is InChI=1S/C30H24N4OS/c1-21-28(29(35)34(32(21)2)26-15-7-4-8-16-26)33-27(20-36-30(33)31-25-13-5-3-6-14-25)24-18-17-22-11-9-10-12-23(22)19-24/h3-20H,1-2H3. The van der Waals surface area contributed by atoms with E-state index in [2.05, 4.69) is 35.7 Å². The van der Waals surface area contributed by atoms with Crippen molar-refractivity contribution in [2.75, 3.05) is 0 Å². The molecule has 6 aromatic rings. The average molecular weight is 489 g/mol. The molecule has 0 aliphatic rings. The molecule has 0 saturated carbocycles. The summed E-state index contributed by atoms with van der Waals surface area (Å²) in [4.78, 5) is 19.7. The van der Waals surface area contributed by atoms with E-state index >= 15 is 0 Å². The molecule has 36 heavy (non-hydrogen) atoms. The van der Waals surface area contributed by atoms with Gasteiger partial charge >= 0.3 is 0 Å². The van der Waals surface area contributed by atoms with Crippen LogP contribution in [0.5, 0.6) is 0 Å². The maximum atomic E-state index is 14.0. The Balaban J connectivity index is 1.66. The summed E-state index contributed by atoms with van der Waals surface area (Å²) < 4.78 is 5.64. The van der Waals surface area contributed by atoms with Crippen molar-refractivity contribution in [1.29, 1.82) is 0 Å². The lowest BCUT2D eigenvalue weighted by molar-refractivity contribution is 0.630. The van der Waals surface area contributed by atoms with Gasteiger partial charge in [0.15, 0.2) is 4.80 Å². The van der Waals surface area contributed by atoms with Crippen LogP contribution in [0, 0.1) is 6.92 Å². The number of para-hydroxylation sites is 2. The van der Waals surface area contributed by atoms with Crippen molar-refractivity contribution in [3.8, 4) is 22.6 Å². The topological polar surface area (TPSA) is 44.2 Å². The van der Waals surface area contributed by atoms with E-state index in [4.69, 9.17) is 4.99 Å². The highest BCUT2D eigenvalue weighted by molar-refractivity contribution is 7.07. The van der Waals surface area contributed by atoms with Gasteiger partial charge < -0.3 is 0 Å². The molecule has 0 saturated heterocycles. The van der Waals surface area contributed by atoms with E-state index in [-0.39, 0.29) is 5.56 Å². The highest BCUT2D eigenvalue weighted by atomic mass is 32.1. The van der Waals surface area contributed by atoms with E-state index in [1.165, 1.54) is 16.7 Å². The van der Waals surface area contributed by atoms with Crippen molar-refractivity contribution in [3.05, 3.63) is 129 Å². The molecule has 0 aliphatic heterocycles. The third-order valence-corrected chi connectivity index (χ3v) is 7.31. The summed E-state index contributed by atoms with van der Waals surface area (Å²) in [6.07, 6.45) is 0. The summed E-state index contributed by atoms with van der Waals surface area (Å²) in [6.45, 7) is 1.98. The van der Waals surface area contributed by atoms with Gasteiger partial charge in [-0.25, -0.2) is 9.67 Å². The minimum absolute atomic E-state index is 0.0869. The van der Waals surface area contributed by atoms with Gasteiger partial charge in [-0.3, -0.25) is 14.0 Å². The number of nitrogens with zero attached hydrogens (tertiary/aromatic N) is 4. The molecule has 0 atom stereocenters. The van der Waals surface area contributed by atoms with Crippen LogP contribution in [0.4, 0.5) is 5.69 Å². The molecular formula is C30H24N4OS. The lowest BCUT2D eigenvalue weighted by Gasteiger charge is -2.09. The van der Waals surface area contributed by atoms with Gasteiger partial charge in [-0.2, -0.15) is 0 Å². The van der Waals surface area contributed by atoms with Gasteiger partial charge in [0.25, 0.3) is 5.56 Å². The van der Waals surface area contributed by atoms with Crippen LogP contribution in [0.1, 0.15) is 5.69 Å². The van der Waals surface area contributed by atoms with Crippen molar-refractivity contribution in [1.82, 2.24) is 13.9 Å². The highest BCUT2D eigenvalue weighted by Gasteiger charge is 2.22. The minimum atomic E-state index is -0.0869. The van der Waals surface area contributed by atoms with Gasteiger partial charge in [-0.05, 0) is 48.0 Å². The van der Waals surface area contributed by atoms with Crippen LogP contribution in [0.2, 0.25) is 0 Å². The molecule has 0 spiro atoms. The van der Waals surface area contributed by atoms with Crippen LogP contribution < -0.4 is 10.4 Å². The Labute approximate surface area is 212 Å². The Kier molecular flexibility index (Phi) is 5.51. The van der Waals surface area contributed by atoms with Gasteiger partial charge in [0, 0.05) is 18.0 Å². The van der Waals surface area contributed by atoms with Crippen LogP contribution >= 0.6 is 11.3 Å². The maximum absolute atomic E-state index is 14.0. The van der Waals surface area contributed by atoms with Crippen molar-refractivity contribution in [2.45, 2.75) is 6.92 Å². The van der Waals surface area contributed by atoms with Crippen LogP contribution in [-0.4, -0.2) is 13.9 Å². The molecule has 0 aliphatic carbocycles. The maximum Gasteiger partial charge on any atom is 0.296 e. The third kappa shape index (κ3) is 3.72. The third-order valence-electron chi connectivity index (χ3n) is 6.48. The quantitative estimate of drug-likeness (QED) is 0.284. The first-order valence-corrected chi connectivity index (χ1v) is 12.6. The predicted molar refractivity (Wildman–Crippen MR) is 148 cm³/mol. The zero-order valence-electron chi connectivity index (χ0n) is 20.0.